The van der Waals surface area contributed by atoms with E-state index in [1.165, 1.54) is 11.1 Å². The lowest BCUT2D eigenvalue weighted by molar-refractivity contribution is 0.404. The van der Waals surface area contributed by atoms with Crippen molar-refractivity contribution in [2.75, 3.05) is 7.11 Å². The second kappa shape index (κ2) is 6.29. The molecule has 0 amide bonds. The molecule has 0 unspecified atom stereocenters. The van der Waals surface area contributed by atoms with Crippen molar-refractivity contribution in [3.05, 3.63) is 53.6 Å². The van der Waals surface area contributed by atoms with Crippen LogP contribution in [0.5, 0.6) is 5.75 Å². The molecule has 0 fully saturated rings. The molecule has 1 aliphatic carbocycles. The van der Waals surface area contributed by atoms with Gasteiger partial charge in [-0.25, -0.2) is 0 Å². The van der Waals surface area contributed by atoms with E-state index in [0.717, 1.165) is 36.5 Å². The lowest BCUT2D eigenvalue weighted by Gasteiger charge is -2.32. The lowest BCUT2D eigenvalue weighted by Crippen LogP contribution is -2.19. The third-order valence-electron chi connectivity index (χ3n) is 4.04. The second-order valence-electron chi connectivity index (χ2n) is 5.17. The van der Waals surface area contributed by atoms with E-state index in [2.05, 4.69) is 31.4 Å². The van der Waals surface area contributed by atoms with Crippen LogP contribution in [0.1, 0.15) is 36.3 Å². The molecule has 1 nitrogen and oxygen atoms in total. The average molecular weight is 277 g/mol. The highest BCUT2D eigenvalue weighted by Gasteiger charge is 2.27. The van der Waals surface area contributed by atoms with Gasteiger partial charge in [0.2, 0.25) is 0 Å². The number of allylic oxidation sites excluding steroid dienone is 2. The van der Waals surface area contributed by atoms with Gasteiger partial charge in [0.05, 0.1) is 7.11 Å². The molecule has 0 heterocycles. The van der Waals surface area contributed by atoms with E-state index >= 15 is 0 Å². The first-order valence-corrected chi connectivity index (χ1v) is 7.16. The summed E-state index contributed by atoms with van der Waals surface area (Å²) in [6, 6.07) is 6.41. The highest BCUT2D eigenvalue weighted by atomic mass is 35.5. The molecule has 0 spiro atoms. The molecule has 2 heteroatoms. The monoisotopic (exact) mass is 276 g/mol. The molecule has 0 saturated carbocycles. The van der Waals surface area contributed by atoms with Crippen molar-refractivity contribution >= 4 is 11.6 Å². The minimum Gasteiger partial charge on any atom is -0.497 e. The molecule has 19 heavy (non-hydrogen) atoms. The Labute approximate surface area is 120 Å². The van der Waals surface area contributed by atoms with E-state index in [9.17, 15) is 0 Å². The van der Waals surface area contributed by atoms with Gasteiger partial charge in [-0.05, 0) is 60.8 Å². The minimum atomic E-state index is 0.502. The maximum Gasteiger partial charge on any atom is 0.119 e. The molecule has 1 aromatic rings. The number of methoxy groups -OCH3 is 1. The highest BCUT2D eigenvalue weighted by Crippen LogP contribution is 2.41. The molecule has 0 N–H and O–H groups in total. The zero-order chi connectivity index (χ0) is 13.8. The van der Waals surface area contributed by atoms with Gasteiger partial charge < -0.3 is 4.74 Å². The SMILES string of the molecule is C=C[C@@H]1CCc2cc(OC)ccc2[C@H]1CCC(=C)Cl. The Kier molecular flexibility index (Phi) is 4.71. The standard InChI is InChI=1S/C17H21ClO/c1-4-13-6-7-14-11-15(19-3)8-10-17(14)16(13)9-5-12(2)18/h4,8,10-11,13,16H,1-2,5-7,9H2,3H3/t13-,16+/m1/s1. The van der Waals surface area contributed by atoms with Gasteiger partial charge in [0.1, 0.15) is 5.75 Å². The van der Waals surface area contributed by atoms with E-state index < -0.39 is 0 Å². The Bertz CT molecular complexity index is 478. The van der Waals surface area contributed by atoms with Crippen molar-refractivity contribution < 1.29 is 4.74 Å². The molecule has 2 rings (SSSR count). The number of ether oxygens (including phenoxy) is 1. The van der Waals surface area contributed by atoms with Crippen LogP contribution in [0.4, 0.5) is 0 Å². The van der Waals surface area contributed by atoms with Gasteiger partial charge in [0.25, 0.3) is 0 Å². The van der Waals surface area contributed by atoms with Crippen LogP contribution in [-0.2, 0) is 6.42 Å². The van der Waals surface area contributed by atoms with Gasteiger partial charge >= 0.3 is 0 Å². The average Bonchev–Trinajstić information content (AvgIpc) is 2.43. The fraction of sp³-hybridized carbons (Fsp3) is 0.412. The predicted octanol–water partition coefficient (Wildman–Crippen LogP) is 5.06. The lowest BCUT2D eigenvalue weighted by atomic mass is 9.73. The Morgan fingerprint density at radius 3 is 2.95 bits per heavy atom. The molecular formula is C17H21ClO. The maximum atomic E-state index is 5.92. The quantitative estimate of drug-likeness (QED) is 0.683. The molecule has 1 aliphatic rings. The molecule has 1 aromatic carbocycles. The van der Waals surface area contributed by atoms with Crippen LogP contribution in [0.2, 0.25) is 0 Å². The van der Waals surface area contributed by atoms with Crippen LogP contribution >= 0.6 is 11.6 Å². The van der Waals surface area contributed by atoms with Gasteiger partial charge in [-0.3, -0.25) is 0 Å². The van der Waals surface area contributed by atoms with Gasteiger partial charge in [0.15, 0.2) is 0 Å². The summed E-state index contributed by atoms with van der Waals surface area (Å²) >= 11 is 5.92. The van der Waals surface area contributed by atoms with Crippen LogP contribution in [0.25, 0.3) is 0 Å². The number of aryl methyl sites for hydroxylation is 1. The van der Waals surface area contributed by atoms with Crippen molar-refractivity contribution in [1.29, 1.82) is 0 Å². The molecule has 102 valence electrons. The second-order valence-corrected chi connectivity index (χ2v) is 5.70. The highest BCUT2D eigenvalue weighted by molar-refractivity contribution is 6.29. The Morgan fingerprint density at radius 2 is 2.32 bits per heavy atom. The predicted molar refractivity (Wildman–Crippen MR) is 82.0 cm³/mol. The summed E-state index contributed by atoms with van der Waals surface area (Å²) in [4.78, 5) is 0. The molecule has 0 radical (unpaired) electrons. The van der Waals surface area contributed by atoms with Crippen LogP contribution in [0.3, 0.4) is 0 Å². The summed E-state index contributed by atoms with van der Waals surface area (Å²) < 4.78 is 5.31. The van der Waals surface area contributed by atoms with Crippen LogP contribution in [0.15, 0.2) is 42.5 Å². The van der Waals surface area contributed by atoms with E-state index in [4.69, 9.17) is 16.3 Å². The fourth-order valence-corrected chi connectivity index (χ4v) is 3.11. The number of hydrogen-bond acceptors (Lipinski definition) is 1. The normalized spacial score (nSPS) is 21.6. The van der Waals surface area contributed by atoms with Gasteiger partial charge in [-0.1, -0.05) is 30.3 Å². The largest absolute Gasteiger partial charge is 0.497 e. The van der Waals surface area contributed by atoms with Gasteiger partial charge in [-0.2, -0.15) is 0 Å². The minimum absolute atomic E-state index is 0.502. The van der Waals surface area contributed by atoms with Gasteiger partial charge in [-0.15, -0.1) is 6.58 Å². The number of halogens is 1. The van der Waals surface area contributed by atoms with E-state index in [1.54, 1.807) is 7.11 Å². The molecule has 2 atom stereocenters. The number of fused-ring (bicyclic) bond motifs is 1. The van der Waals surface area contributed by atoms with E-state index in [0.29, 0.717) is 11.8 Å². The topological polar surface area (TPSA) is 9.23 Å². The zero-order valence-electron chi connectivity index (χ0n) is 11.5. The van der Waals surface area contributed by atoms with Crippen LogP contribution in [0, 0.1) is 5.92 Å². The van der Waals surface area contributed by atoms with Crippen LogP contribution in [-0.4, -0.2) is 7.11 Å². The summed E-state index contributed by atoms with van der Waals surface area (Å²) in [5.74, 6) is 1.98. The summed E-state index contributed by atoms with van der Waals surface area (Å²) in [5.41, 5.74) is 2.83. The zero-order valence-corrected chi connectivity index (χ0v) is 12.2. The van der Waals surface area contributed by atoms with Crippen molar-refractivity contribution in [3.63, 3.8) is 0 Å². The third-order valence-corrected chi connectivity index (χ3v) is 4.23. The van der Waals surface area contributed by atoms with Gasteiger partial charge in [0, 0.05) is 5.03 Å². The fourth-order valence-electron chi connectivity index (χ4n) is 3.01. The molecular weight excluding hydrogens is 256 g/mol. The first kappa shape index (κ1) is 14.2. The first-order chi connectivity index (χ1) is 9.15. The summed E-state index contributed by atoms with van der Waals surface area (Å²) in [6.45, 7) is 7.78. The van der Waals surface area contributed by atoms with Crippen molar-refractivity contribution in [2.45, 2.75) is 31.6 Å². The molecule has 0 aromatic heterocycles. The van der Waals surface area contributed by atoms with Crippen molar-refractivity contribution in [3.8, 4) is 5.75 Å². The maximum absolute atomic E-state index is 5.92. The number of rotatable bonds is 5. The molecule has 0 bridgehead atoms. The van der Waals surface area contributed by atoms with Crippen molar-refractivity contribution in [1.82, 2.24) is 0 Å². The smallest absolute Gasteiger partial charge is 0.119 e. The Morgan fingerprint density at radius 1 is 1.53 bits per heavy atom. The van der Waals surface area contributed by atoms with E-state index in [1.807, 2.05) is 6.07 Å². The third kappa shape index (κ3) is 3.22. The Hall–Kier alpha value is -1.21. The summed E-state index contributed by atoms with van der Waals surface area (Å²) in [7, 11) is 1.71. The Balaban J connectivity index is 2.28. The summed E-state index contributed by atoms with van der Waals surface area (Å²) in [5, 5.41) is 0.739. The molecule has 0 saturated heterocycles. The van der Waals surface area contributed by atoms with Crippen molar-refractivity contribution in [2.24, 2.45) is 5.92 Å². The van der Waals surface area contributed by atoms with E-state index in [-0.39, 0.29) is 0 Å². The van der Waals surface area contributed by atoms with Crippen LogP contribution < -0.4 is 4.74 Å². The first-order valence-electron chi connectivity index (χ1n) is 6.78. The summed E-state index contributed by atoms with van der Waals surface area (Å²) in [6.07, 6.45) is 6.25. The molecule has 0 aliphatic heterocycles. The number of benzene rings is 1. The number of hydrogen-bond donors (Lipinski definition) is 0.